The smallest absolute Gasteiger partial charge is 0.298 e. The van der Waals surface area contributed by atoms with Crippen LogP contribution in [0.2, 0.25) is 0 Å². The van der Waals surface area contributed by atoms with Gasteiger partial charge in [-0.3, -0.25) is 4.98 Å². The number of tetrazole rings is 1. The number of pyridine rings is 2. The predicted molar refractivity (Wildman–Crippen MR) is 150 cm³/mol. The predicted octanol–water partition coefficient (Wildman–Crippen LogP) is 4.11. The third-order valence-electron chi connectivity index (χ3n) is 6.46. The molecule has 0 aliphatic carbocycles. The van der Waals surface area contributed by atoms with E-state index in [0.717, 1.165) is 29.2 Å². The van der Waals surface area contributed by atoms with E-state index in [1.807, 2.05) is 6.07 Å². The zero-order valence-electron chi connectivity index (χ0n) is 22.6. The van der Waals surface area contributed by atoms with E-state index < -0.39 is 46.7 Å². The van der Waals surface area contributed by atoms with Gasteiger partial charge in [0, 0.05) is 29.6 Å². The molecule has 0 fully saturated rings. The zero-order chi connectivity index (χ0) is 31.3. The molecule has 0 bridgehead atoms. The van der Waals surface area contributed by atoms with Crippen LogP contribution in [0.15, 0.2) is 85.5 Å². The highest BCUT2D eigenvalue weighted by Gasteiger charge is 2.45. The van der Waals surface area contributed by atoms with E-state index in [0.29, 0.717) is 28.5 Å². The molecule has 5 rings (SSSR count). The lowest BCUT2D eigenvalue weighted by molar-refractivity contribution is -0.0455. The molecule has 0 aliphatic heterocycles. The van der Waals surface area contributed by atoms with E-state index in [4.69, 9.17) is 25.7 Å². The van der Waals surface area contributed by atoms with Gasteiger partial charge in [0.05, 0.1) is 17.9 Å². The van der Waals surface area contributed by atoms with Gasteiger partial charge >= 0.3 is 0 Å². The highest BCUT2D eigenvalue weighted by atomic mass is 19.3. The lowest BCUT2D eigenvalue weighted by atomic mass is 9.61. The van der Waals surface area contributed by atoms with E-state index in [9.17, 15) is 8.78 Å². The molecule has 2 aromatic carbocycles. The van der Waals surface area contributed by atoms with E-state index in [1.54, 1.807) is 24.3 Å². The first-order chi connectivity index (χ1) is 21.0. The Morgan fingerprint density at radius 2 is 1.66 bits per heavy atom. The Morgan fingerprint density at radius 3 is 2.27 bits per heavy atom. The van der Waals surface area contributed by atoms with Gasteiger partial charge in [-0.25, -0.2) is 18.4 Å². The second-order valence-electron chi connectivity index (χ2n) is 9.52. The normalized spacial score (nSPS) is 12.1. The summed E-state index contributed by atoms with van der Waals surface area (Å²) >= 11 is 0. The molecule has 14 heteroatoms. The number of nitriles is 1. The van der Waals surface area contributed by atoms with Crippen molar-refractivity contribution in [2.75, 3.05) is 0 Å². The average molecular weight is 589 g/mol. The molecule has 0 saturated carbocycles. The van der Waals surface area contributed by atoms with Crippen LogP contribution in [0.25, 0.3) is 0 Å². The minimum atomic E-state index is -3.69. The maximum Gasteiger partial charge on any atom is 0.298 e. The van der Waals surface area contributed by atoms with Gasteiger partial charge in [-0.2, -0.15) is 14.0 Å². The molecular weight excluding hydrogens is 572 g/mol. The van der Waals surface area contributed by atoms with E-state index >= 15 is 8.78 Å². The molecular formula is C30H17B2F4N7O. The summed E-state index contributed by atoms with van der Waals surface area (Å²) in [6.07, 6.45) is 3.64. The standard InChI is InChI=1S/C30H17B2F4N7O/c31-30(32,21-6-8-23(14-37)38-16-21)44-24-9-3-19(4-10-24)1-2-20-5-12-28(39-15-20)29(35,36)26(17-43-18-40-41-42-43)25-11-7-22(33)13-27(25)34/h3-13,15-16,18,26H,17H2. The van der Waals surface area contributed by atoms with Crippen LogP contribution in [0.5, 0.6) is 5.75 Å². The highest BCUT2D eigenvalue weighted by Crippen LogP contribution is 2.43. The van der Waals surface area contributed by atoms with Gasteiger partial charge in [-0.05, 0) is 70.1 Å². The highest BCUT2D eigenvalue weighted by molar-refractivity contribution is 6.39. The second-order valence-corrected chi connectivity index (χ2v) is 9.52. The van der Waals surface area contributed by atoms with Crippen molar-refractivity contribution < 1.29 is 22.3 Å². The number of alkyl halides is 2. The fourth-order valence-corrected chi connectivity index (χ4v) is 4.18. The van der Waals surface area contributed by atoms with Crippen LogP contribution < -0.4 is 4.74 Å². The van der Waals surface area contributed by atoms with Gasteiger partial charge in [0.15, 0.2) is 0 Å². The minimum absolute atomic E-state index is 0.205. The molecule has 8 nitrogen and oxygen atoms in total. The third-order valence-corrected chi connectivity index (χ3v) is 6.46. The molecule has 0 saturated heterocycles. The van der Waals surface area contributed by atoms with Gasteiger partial charge < -0.3 is 4.74 Å². The average Bonchev–Trinajstić information content (AvgIpc) is 3.53. The Labute approximate surface area is 251 Å². The molecule has 0 aliphatic rings. The van der Waals surface area contributed by atoms with Crippen molar-refractivity contribution in [3.8, 4) is 23.7 Å². The summed E-state index contributed by atoms with van der Waals surface area (Å²) in [4.78, 5) is 7.83. The monoisotopic (exact) mass is 589 g/mol. The maximum atomic E-state index is 15.8. The number of ether oxygens (including phenoxy) is 1. The first-order valence-electron chi connectivity index (χ1n) is 12.8. The van der Waals surface area contributed by atoms with Crippen molar-refractivity contribution in [3.63, 3.8) is 0 Å². The van der Waals surface area contributed by atoms with Gasteiger partial charge in [0.2, 0.25) is 0 Å². The molecule has 0 spiro atoms. The fourth-order valence-electron chi connectivity index (χ4n) is 4.18. The van der Waals surface area contributed by atoms with Crippen LogP contribution in [0.1, 0.15) is 39.6 Å². The molecule has 1 atom stereocenters. The third kappa shape index (κ3) is 6.76. The molecule has 4 radical (unpaired) electrons. The molecule has 44 heavy (non-hydrogen) atoms. The Morgan fingerprint density at radius 1 is 0.909 bits per heavy atom. The molecule has 212 valence electrons. The zero-order valence-corrected chi connectivity index (χ0v) is 22.6. The Kier molecular flexibility index (Phi) is 8.45. The van der Waals surface area contributed by atoms with E-state index in [1.165, 1.54) is 30.6 Å². The maximum absolute atomic E-state index is 15.8. The van der Waals surface area contributed by atoms with Gasteiger partial charge in [0.1, 0.15) is 56.9 Å². The van der Waals surface area contributed by atoms with Gasteiger partial charge in [-0.1, -0.05) is 24.0 Å². The molecule has 5 aromatic rings. The second kappa shape index (κ2) is 12.4. The number of rotatable bonds is 8. The SMILES string of the molecule is [B]C([B])(Oc1ccc(C#Cc2ccc(C(F)(F)C(Cn3cnnn3)c3ccc(F)cc3F)nc2)cc1)c1ccc(C#N)nc1. The van der Waals surface area contributed by atoms with Crippen molar-refractivity contribution >= 4 is 15.7 Å². The Hall–Kier alpha value is -5.49. The van der Waals surface area contributed by atoms with Crippen LogP contribution in [0, 0.1) is 34.8 Å². The topological polar surface area (TPSA) is 102 Å². The lowest BCUT2D eigenvalue weighted by Crippen LogP contribution is -2.34. The Balaban J connectivity index is 1.31. The summed E-state index contributed by atoms with van der Waals surface area (Å²) in [6.45, 7) is -0.495. The van der Waals surface area contributed by atoms with Crippen molar-refractivity contribution in [3.05, 3.63) is 131 Å². The summed E-state index contributed by atoms with van der Waals surface area (Å²) in [5.41, 5.74) is 0.407. The fraction of sp³-hybridized carbons (Fsp3) is 0.133. The van der Waals surface area contributed by atoms with Gasteiger partial charge in [0.25, 0.3) is 5.92 Å². The van der Waals surface area contributed by atoms with Crippen LogP contribution in [0.4, 0.5) is 17.6 Å². The molecule has 0 N–H and O–H groups in total. The number of hydrogen-bond donors (Lipinski definition) is 0. The van der Waals surface area contributed by atoms with Crippen molar-refractivity contribution in [1.29, 1.82) is 5.26 Å². The van der Waals surface area contributed by atoms with Gasteiger partial charge in [-0.15, -0.1) is 5.10 Å². The quantitative estimate of drug-likeness (QED) is 0.153. The van der Waals surface area contributed by atoms with Crippen molar-refractivity contribution in [1.82, 2.24) is 30.2 Å². The summed E-state index contributed by atoms with van der Waals surface area (Å²) in [5.74, 6) is -1.44. The minimum Gasteiger partial charge on any atom is -0.503 e. The number of hydrogen-bond acceptors (Lipinski definition) is 7. The summed E-state index contributed by atoms with van der Waals surface area (Å²) in [7, 11) is 12.2. The van der Waals surface area contributed by atoms with Crippen LogP contribution in [-0.4, -0.2) is 45.9 Å². The number of nitrogens with zero attached hydrogens (tertiary/aromatic N) is 7. The first kappa shape index (κ1) is 30.0. The van der Waals surface area contributed by atoms with E-state index in [2.05, 4.69) is 37.3 Å². The molecule has 0 amide bonds. The number of benzene rings is 2. The largest absolute Gasteiger partial charge is 0.503 e. The van der Waals surface area contributed by atoms with Crippen molar-refractivity contribution in [2.24, 2.45) is 0 Å². The van der Waals surface area contributed by atoms with Crippen molar-refractivity contribution in [2.45, 2.75) is 23.8 Å². The lowest BCUT2D eigenvalue weighted by Gasteiger charge is -2.28. The summed E-state index contributed by atoms with van der Waals surface area (Å²) in [5, 5.41) is 17.6. The number of aromatic nitrogens is 6. The molecule has 3 aromatic heterocycles. The molecule has 3 heterocycles. The molecule has 1 unspecified atom stereocenters. The number of halogens is 4. The first-order valence-corrected chi connectivity index (χ1v) is 12.8. The van der Waals surface area contributed by atoms with Crippen LogP contribution in [0.3, 0.4) is 0 Å². The van der Waals surface area contributed by atoms with Crippen LogP contribution in [-0.2, 0) is 17.9 Å². The summed E-state index contributed by atoms with van der Waals surface area (Å²) in [6, 6.07) is 16.2. The van der Waals surface area contributed by atoms with Crippen LogP contribution >= 0.6 is 0 Å². The Bertz CT molecular complexity index is 1850. The summed E-state index contributed by atoms with van der Waals surface area (Å²) < 4.78 is 66.4. The van der Waals surface area contributed by atoms with E-state index in [-0.39, 0.29) is 5.69 Å².